The highest BCUT2D eigenvalue weighted by Crippen LogP contribution is 2.35. The van der Waals surface area contributed by atoms with Gasteiger partial charge in [0.05, 0.1) is 16.3 Å². The Hall–Kier alpha value is -3.10. The highest BCUT2D eigenvalue weighted by Gasteiger charge is 2.24. The van der Waals surface area contributed by atoms with E-state index in [1.54, 1.807) is 40.0 Å². The number of ether oxygens (including phenoxy) is 2. The van der Waals surface area contributed by atoms with Crippen LogP contribution < -0.4 is 14.4 Å². The summed E-state index contributed by atoms with van der Waals surface area (Å²) in [6.07, 6.45) is 3.58. The fourth-order valence-corrected chi connectivity index (χ4v) is 4.56. The molecule has 30 heavy (non-hydrogen) atoms. The summed E-state index contributed by atoms with van der Waals surface area (Å²) in [5, 5.41) is 5.38. The van der Waals surface area contributed by atoms with Crippen molar-refractivity contribution < 1.29 is 14.3 Å². The Balaban J connectivity index is 1.51. The van der Waals surface area contributed by atoms with Crippen LogP contribution in [0, 0.1) is 0 Å². The Morgan fingerprint density at radius 3 is 2.83 bits per heavy atom. The minimum Gasteiger partial charge on any atom is -0.486 e. The summed E-state index contributed by atoms with van der Waals surface area (Å²) in [5.41, 5.74) is 1.20. The lowest BCUT2D eigenvalue weighted by atomic mass is 10.1. The van der Waals surface area contributed by atoms with Crippen LogP contribution in [0.25, 0.3) is 10.2 Å². The number of hydrogen-bond donors (Lipinski definition) is 0. The Labute approximate surface area is 181 Å². The van der Waals surface area contributed by atoms with Gasteiger partial charge in [0.2, 0.25) is 0 Å². The minimum atomic E-state index is -0.172. The van der Waals surface area contributed by atoms with Gasteiger partial charge in [-0.3, -0.25) is 14.4 Å². The van der Waals surface area contributed by atoms with Gasteiger partial charge in [-0.2, -0.15) is 5.10 Å². The fourth-order valence-electron chi connectivity index (χ4n) is 3.27. The molecular formula is C21H17ClN4O3S. The number of thiazole rings is 1. The molecule has 0 bridgehead atoms. The molecule has 1 amide bonds. The molecule has 9 heteroatoms. The first-order valence-electron chi connectivity index (χ1n) is 9.43. The monoisotopic (exact) mass is 440 g/mol. The maximum atomic E-state index is 13.5. The van der Waals surface area contributed by atoms with E-state index in [9.17, 15) is 4.79 Å². The average molecular weight is 441 g/mol. The zero-order valence-corrected chi connectivity index (χ0v) is 17.4. The summed E-state index contributed by atoms with van der Waals surface area (Å²) in [7, 11) is 0. The van der Waals surface area contributed by atoms with Crippen molar-refractivity contribution in [1.82, 2.24) is 14.8 Å². The van der Waals surface area contributed by atoms with Gasteiger partial charge < -0.3 is 9.47 Å². The average Bonchev–Trinajstić information content (AvgIpc) is 3.44. The van der Waals surface area contributed by atoms with Crippen molar-refractivity contribution in [3.8, 4) is 11.5 Å². The highest BCUT2D eigenvalue weighted by molar-refractivity contribution is 7.22. The molecule has 2 aromatic carbocycles. The van der Waals surface area contributed by atoms with E-state index in [4.69, 9.17) is 21.1 Å². The zero-order chi connectivity index (χ0) is 20.5. The van der Waals surface area contributed by atoms with E-state index >= 15 is 0 Å². The molecule has 2 aromatic heterocycles. The number of fused-ring (bicyclic) bond motifs is 2. The summed E-state index contributed by atoms with van der Waals surface area (Å²) < 4.78 is 13.9. The first-order chi connectivity index (χ1) is 14.7. The predicted octanol–water partition coefficient (Wildman–Crippen LogP) is 4.26. The molecule has 1 aliphatic heterocycles. The van der Waals surface area contributed by atoms with E-state index in [2.05, 4.69) is 10.1 Å². The predicted molar refractivity (Wildman–Crippen MR) is 116 cm³/mol. The first-order valence-corrected chi connectivity index (χ1v) is 10.6. The van der Waals surface area contributed by atoms with Crippen LogP contribution in [0.15, 0.2) is 54.9 Å². The maximum Gasteiger partial charge on any atom is 0.260 e. The Kier molecular flexibility index (Phi) is 5.02. The number of para-hydroxylation sites is 1. The lowest BCUT2D eigenvalue weighted by Gasteiger charge is -2.22. The molecule has 4 aromatic rings. The van der Waals surface area contributed by atoms with Gasteiger partial charge in [-0.1, -0.05) is 29.0 Å². The van der Waals surface area contributed by atoms with Gasteiger partial charge in [-0.25, -0.2) is 4.98 Å². The number of hydrogen-bond acceptors (Lipinski definition) is 6. The third-order valence-electron chi connectivity index (χ3n) is 4.74. The van der Waals surface area contributed by atoms with Crippen LogP contribution in [0.5, 0.6) is 11.5 Å². The van der Waals surface area contributed by atoms with E-state index in [-0.39, 0.29) is 5.91 Å². The zero-order valence-electron chi connectivity index (χ0n) is 15.8. The first kappa shape index (κ1) is 18.9. The molecule has 0 spiro atoms. The SMILES string of the molecule is O=C(c1ccc2c(c1)OCCO2)N(CCn1cccn1)c1nc2c(Cl)cccc2s1. The van der Waals surface area contributed by atoms with Gasteiger partial charge in [0.25, 0.3) is 5.91 Å². The van der Waals surface area contributed by atoms with Crippen LogP contribution in [0.3, 0.4) is 0 Å². The molecule has 0 saturated carbocycles. The summed E-state index contributed by atoms with van der Waals surface area (Å²) in [4.78, 5) is 19.8. The van der Waals surface area contributed by atoms with Crippen molar-refractivity contribution in [2.75, 3.05) is 24.7 Å². The van der Waals surface area contributed by atoms with Crippen molar-refractivity contribution in [1.29, 1.82) is 0 Å². The molecule has 1 aliphatic rings. The van der Waals surface area contributed by atoms with Gasteiger partial charge in [0.1, 0.15) is 18.7 Å². The smallest absolute Gasteiger partial charge is 0.260 e. The van der Waals surface area contributed by atoms with E-state index < -0.39 is 0 Å². The molecule has 0 saturated heterocycles. The third-order valence-corrected chi connectivity index (χ3v) is 6.08. The molecule has 0 N–H and O–H groups in total. The van der Waals surface area contributed by atoms with E-state index in [1.807, 2.05) is 24.4 Å². The fraction of sp³-hybridized carbons (Fsp3) is 0.190. The van der Waals surface area contributed by atoms with Gasteiger partial charge in [0.15, 0.2) is 16.6 Å². The second-order valence-corrected chi connectivity index (χ2v) is 8.08. The van der Waals surface area contributed by atoms with E-state index in [0.29, 0.717) is 59.0 Å². The summed E-state index contributed by atoms with van der Waals surface area (Å²) in [6.45, 7) is 1.91. The lowest BCUT2D eigenvalue weighted by Crippen LogP contribution is -2.34. The molecule has 152 valence electrons. The topological polar surface area (TPSA) is 69.5 Å². The molecule has 0 radical (unpaired) electrons. The molecule has 7 nitrogen and oxygen atoms in total. The van der Waals surface area contributed by atoms with Crippen LogP contribution >= 0.6 is 22.9 Å². The van der Waals surface area contributed by atoms with E-state index in [1.165, 1.54) is 11.3 Å². The highest BCUT2D eigenvalue weighted by atomic mass is 35.5. The number of rotatable bonds is 5. The Morgan fingerprint density at radius 1 is 1.17 bits per heavy atom. The number of benzene rings is 2. The largest absolute Gasteiger partial charge is 0.486 e. The van der Waals surface area contributed by atoms with Crippen molar-refractivity contribution >= 4 is 44.2 Å². The van der Waals surface area contributed by atoms with Gasteiger partial charge in [0, 0.05) is 24.5 Å². The maximum absolute atomic E-state index is 13.5. The van der Waals surface area contributed by atoms with Gasteiger partial charge in [-0.05, 0) is 36.4 Å². The molecule has 0 fully saturated rings. The van der Waals surface area contributed by atoms with Crippen LogP contribution in [0.2, 0.25) is 5.02 Å². The summed E-state index contributed by atoms with van der Waals surface area (Å²) >= 11 is 7.74. The molecule has 0 atom stereocenters. The van der Waals surface area contributed by atoms with Crippen molar-refractivity contribution in [3.63, 3.8) is 0 Å². The summed E-state index contributed by atoms with van der Waals surface area (Å²) in [5.74, 6) is 1.05. The van der Waals surface area contributed by atoms with Gasteiger partial charge in [-0.15, -0.1) is 0 Å². The molecule has 0 aliphatic carbocycles. The van der Waals surface area contributed by atoms with Crippen molar-refractivity contribution in [3.05, 3.63) is 65.4 Å². The molecular weight excluding hydrogens is 424 g/mol. The lowest BCUT2D eigenvalue weighted by molar-refractivity contribution is 0.0984. The quantitative estimate of drug-likeness (QED) is 0.463. The minimum absolute atomic E-state index is 0.172. The normalized spacial score (nSPS) is 12.8. The van der Waals surface area contributed by atoms with E-state index in [0.717, 1.165) is 4.70 Å². The third kappa shape index (κ3) is 3.59. The van der Waals surface area contributed by atoms with Crippen LogP contribution in [0.4, 0.5) is 5.13 Å². The second kappa shape index (κ2) is 7.97. The summed E-state index contributed by atoms with van der Waals surface area (Å²) in [6, 6.07) is 12.7. The number of nitrogens with zero attached hydrogens (tertiary/aromatic N) is 4. The number of carbonyl (C=O) groups excluding carboxylic acids is 1. The number of aromatic nitrogens is 3. The van der Waals surface area contributed by atoms with Crippen LogP contribution in [-0.2, 0) is 6.54 Å². The molecule has 5 rings (SSSR count). The van der Waals surface area contributed by atoms with Crippen molar-refractivity contribution in [2.24, 2.45) is 0 Å². The Bertz CT molecular complexity index is 1210. The molecule has 3 heterocycles. The number of amides is 1. The van der Waals surface area contributed by atoms with Gasteiger partial charge >= 0.3 is 0 Å². The number of anilines is 1. The van der Waals surface area contributed by atoms with Crippen LogP contribution in [0.1, 0.15) is 10.4 Å². The molecule has 0 unspecified atom stereocenters. The number of carbonyl (C=O) groups is 1. The Morgan fingerprint density at radius 2 is 2.03 bits per heavy atom. The second-order valence-electron chi connectivity index (χ2n) is 6.67. The number of halogens is 1. The van der Waals surface area contributed by atoms with Crippen LogP contribution in [-0.4, -0.2) is 40.4 Å². The standard InChI is InChI=1S/C21H17ClN4O3S/c22-15-3-1-4-18-19(15)24-21(30-18)26(10-9-25-8-2-7-23-25)20(27)14-5-6-16-17(13-14)29-12-11-28-16/h1-8,13H,9-12H2. The van der Waals surface area contributed by atoms with Crippen molar-refractivity contribution in [2.45, 2.75) is 6.54 Å².